The summed E-state index contributed by atoms with van der Waals surface area (Å²) in [5.74, 6) is -1.08. The second kappa shape index (κ2) is 5.02. The Labute approximate surface area is 103 Å². The highest BCUT2D eigenvalue weighted by Gasteiger charge is 2.16. The van der Waals surface area contributed by atoms with Crippen LogP contribution in [-0.2, 0) is 11.2 Å². The summed E-state index contributed by atoms with van der Waals surface area (Å²) in [6.45, 7) is 0. The molecular formula is C8H5ClF2INO2. The Hall–Kier alpha value is -0.500. The van der Waals surface area contributed by atoms with Crippen molar-refractivity contribution < 1.29 is 18.7 Å². The lowest BCUT2D eigenvalue weighted by atomic mass is 10.2. The Morgan fingerprint density at radius 2 is 2.27 bits per heavy atom. The van der Waals surface area contributed by atoms with Gasteiger partial charge in [-0.3, -0.25) is 4.79 Å². The van der Waals surface area contributed by atoms with Crippen LogP contribution in [0.5, 0.6) is 0 Å². The number of halogens is 4. The molecule has 1 N–H and O–H groups in total. The van der Waals surface area contributed by atoms with Crippen molar-refractivity contribution in [2.75, 3.05) is 0 Å². The smallest absolute Gasteiger partial charge is 0.307 e. The molecule has 0 aliphatic carbocycles. The molecule has 0 radical (unpaired) electrons. The van der Waals surface area contributed by atoms with Crippen molar-refractivity contribution >= 4 is 40.2 Å². The summed E-state index contributed by atoms with van der Waals surface area (Å²) >= 11 is 7.37. The van der Waals surface area contributed by atoms with E-state index in [0.29, 0.717) is 3.57 Å². The molecule has 1 aromatic heterocycles. The zero-order chi connectivity index (χ0) is 11.6. The molecule has 0 atom stereocenters. The van der Waals surface area contributed by atoms with Crippen LogP contribution in [0.25, 0.3) is 0 Å². The molecule has 0 amide bonds. The van der Waals surface area contributed by atoms with Gasteiger partial charge in [0.05, 0.1) is 6.42 Å². The number of aliphatic carboxylic acids is 1. The number of hydrogen-bond donors (Lipinski definition) is 1. The van der Waals surface area contributed by atoms with Crippen molar-refractivity contribution in [3.63, 3.8) is 0 Å². The van der Waals surface area contributed by atoms with Gasteiger partial charge in [-0.2, -0.15) is 0 Å². The van der Waals surface area contributed by atoms with Gasteiger partial charge in [0.2, 0.25) is 0 Å². The van der Waals surface area contributed by atoms with Crippen molar-refractivity contribution in [3.8, 4) is 0 Å². The summed E-state index contributed by atoms with van der Waals surface area (Å²) in [7, 11) is 0. The van der Waals surface area contributed by atoms with Crippen LogP contribution in [-0.4, -0.2) is 16.1 Å². The standard InChI is InChI=1S/C8H5ClF2INO2/c9-7-3(1-6(14)15)4(12)2-5(13-7)8(10)11/h2,8H,1H2,(H,14,15). The molecule has 0 aliphatic rings. The molecule has 0 saturated carbocycles. The van der Waals surface area contributed by atoms with Gasteiger partial charge in [0.15, 0.2) is 0 Å². The molecular weight excluding hydrogens is 342 g/mol. The maximum absolute atomic E-state index is 12.3. The van der Waals surface area contributed by atoms with E-state index in [-0.39, 0.29) is 17.1 Å². The maximum atomic E-state index is 12.3. The summed E-state index contributed by atoms with van der Waals surface area (Å²) in [5.41, 5.74) is -0.187. The lowest BCUT2D eigenvalue weighted by Crippen LogP contribution is -2.05. The Bertz CT molecular complexity index is 377. The summed E-state index contributed by atoms with van der Waals surface area (Å²) < 4.78 is 24.9. The van der Waals surface area contributed by atoms with Gasteiger partial charge in [-0.25, -0.2) is 13.8 Å². The first-order valence-corrected chi connectivity index (χ1v) is 5.22. The van der Waals surface area contributed by atoms with Gasteiger partial charge in [0, 0.05) is 9.13 Å². The first kappa shape index (κ1) is 12.6. The minimum absolute atomic E-state index is 0.181. The molecule has 0 bridgehead atoms. The van der Waals surface area contributed by atoms with Crippen LogP contribution in [0.15, 0.2) is 6.07 Å². The molecule has 0 fully saturated rings. The van der Waals surface area contributed by atoms with E-state index >= 15 is 0 Å². The average molecular weight is 347 g/mol. The number of aromatic nitrogens is 1. The molecule has 1 aromatic rings. The van der Waals surface area contributed by atoms with E-state index in [1.807, 2.05) is 0 Å². The zero-order valence-corrected chi connectivity index (χ0v) is 10.1. The van der Waals surface area contributed by atoms with Gasteiger partial charge in [0.1, 0.15) is 10.8 Å². The van der Waals surface area contributed by atoms with E-state index < -0.39 is 18.1 Å². The van der Waals surface area contributed by atoms with E-state index in [1.54, 1.807) is 22.6 Å². The fourth-order valence-electron chi connectivity index (χ4n) is 0.949. The summed E-state index contributed by atoms with van der Waals surface area (Å²) in [6.07, 6.45) is -3.04. The number of hydrogen-bond acceptors (Lipinski definition) is 2. The topological polar surface area (TPSA) is 50.2 Å². The third-order valence-corrected chi connectivity index (χ3v) is 2.87. The van der Waals surface area contributed by atoms with E-state index in [9.17, 15) is 13.6 Å². The molecule has 1 rings (SSSR count). The minimum Gasteiger partial charge on any atom is -0.481 e. The molecule has 82 valence electrons. The van der Waals surface area contributed by atoms with Crippen LogP contribution in [0.1, 0.15) is 17.7 Å². The van der Waals surface area contributed by atoms with E-state index in [4.69, 9.17) is 16.7 Å². The summed E-state index contributed by atoms with van der Waals surface area (Å²) in [5, 5.41) is 8.38. The van der Waals surface area contributed by atoms with Gasteiger partial charge in [-0.1, -0.05) is 11.6 Å². The number of rotatable bonds is 3. The molecule has 0 aliphatic heterocycles. The number of pyridine rings is 1. The molecule has 0 unspecified atom stereocenters. The van der Waals surface area contributed by atoms with Gasteiger partial charge in [0.25, 0.3) is 6.43 Å². The monoisotopic (exact) mass is 347 g/mol. The quantitative estimate of drug-likeness (QED) is 0.676. The van der Waals surface area contributed by atoms with Gasteiger partial charge in [-0.15, -0.1) is 0 Å². The second-order valence-corrected chi connectivity index (χ2v) is 4.19. The number of carboxylic acid groups (broad SMARTS) is 1. The van der Waals surface area contributed by atoms with Crippen LogP contribution >= 0.6 is 34.2 Å². The fourth-order valence-corrected chi connectivity index (χ4v) is 2.14. The summed E-state index contributed by atoms with van der Waals surface area (Å²) in [4.78, 5) is 13.9. The Kier molecular flexibility index (Phi) is 4.21. The molecule has 0 aromatic carbocycles. The van der Waals surface area contributed by atoms with Crippen LogP contribution in [0, 0.1) is 3.57 Å². The largest absolute Gasteiger partial charge is 0.481 e. The van der Waals surface area contributed by atoms with Crippen LogP contribution in [0.4, 0.5) is 8.78 Å². The van der Waals surface area contributed by atoms with Crippen molar-refractivity contribution in [1.29, 1.82) is 0 Å². The second-order valence-electron chi connectivity index (χ2n) is 2.67. The molecule has 1 heterocycles. The van der Waals surface area contributed by atoms with Gasteiger partial charge >= 0.3 is 5.97 Å². The molecule has 7 heteroatoms. The normalized spacial score (nSPS) is 10.7. The number of nitrogens with zero attached hydrogens (tertiary/aromatic N) is 1. The Morgan fingerprint density at radius 3 is 2.67 bits per heavy atom. The van der Waals surface area contributed by atoms with E-state index in [0.717, 1.165) is 6.07 Å². The SMILES string of the molecule is O=C(O)Cc1c(I)cc(C(F)F)nc1Cl. The third-order valence-electron chi connectivity index (χ3n) is 1.59. The van der Waals surface area contributed by atoms with E-state index in [2.05, 4.69) is 4.98 Å². The molecule has 15 heavy (non-hydrogen) atoms. The first-order chi connectivity index (χ1) is 6.91. The number of carboxylic acids is 1. The van der Waals surface area contributed by atoms with Crippen molar-refractivity contribution in [2.45, 2.75) is 12.8 Å². The molecule has 0 saturated heterocycles. The highest BCUT2D eigenvalue weighted by molar-refractivity contribution is 14.1. The zero-order valence-electron chi connectivity index (χ0n) is 7.18. The highest BCUT2D eigenvalue weighted by Crippen LogP contribution is 2.26. The van der Waals surface area contributed by atoms with Crippen molar-refractivity contribution in [3.05, 3.63) is 26.0 Å². The Morgan fingerprint density at radius 1 is 1.67 bits per heavy atom. The number of alkyl halides is 2. The first-order valence-electron chi connectivity index (χ1n) is 3.76. The average Bonchev–Trinajstić information content (AvgIpc) is 2.10. The maximum Gasteiger partial charge on any atom is 0.307 e. The van der Waals surface area contributed by atoms with Gasteiger partial charge < -0.3 is 5.11 Å². The summed E-state index contributed by atoms with van der Waals surface area (Å²) in [6, 6.07) is 1.13. The van der Waals surface area contributed by atoms with Gasteiger partial charge in [-0.05, 0) is 28.7 Å². The van der Waals surface area contributed by atoms with Crippen molar-refractivity contribution in [1.82, 2.24) is 4.98 Å². The van der Waals surface area contributed by atoms with Crippen LogP contribution < -0.4 is 0 Å². The molecule has 3 nitrogen and oxygen atoms in total. The Balaban J connectivity index is 3.15. The lowest BCUT2D eigenvalue weighted by Gasteiger charge is -2.06. The minimum atomic E-state index is -2.71. The fraction of sp³-hybridized carbons (Fsp3) is 0.250. The van der Waals surface area contributed by atoms with Crippen molar-refractivity contribution in [2.24, 2.45) is 0 Å². The third kappa shape index (κ3) is 3.23. The lowest BCUT2D eigenvalue weighted by molar-refractivity contribution is -0.136. The highest BCUT2D eigenvalue weighted by atomic mass is 127. The molecule has 0 spiro atoms. The van der Waals surface area contributed by atoms with Crippen LogP contribution in [0.3, 0.4) is 0 Å². The number of carbonyl (C=O) groups is 1. The van der Waals surface area contributed by atoms with Crippen LogP contribution in [0.2, 0.25) is 5.15 Å². The predicted molar refractivity (Wildman–Crippen MR) is 58.3 cm³/mol. The predicted octanol–water partition coefficient (Wildman–Crippen LogP) is 2.90. The van der Waals surface area contributed by atoms with E-state index in [1.165, 1.54) is 0 Å².